The SMILES string of the molecule is Cc1ccc(C2=[N+](C)CCS2)cc1. The highest BCUT2D eigenvalue weighted by Crippen LogP contribution is 2.18. The highest BCUT2D eigenvalue weighted by atomic mass is 32.2. The number of rotatable bonds is 1. The van der Waals surface area contributed by atoms with Gasteiger partial charge in [-0.1, -0.05) is 29.5 Å². The fraction of sp³-hybridized carbons (Fsp3) is 0.364. The van der Waals surface area contributed by atoms with Crippen molar-refractivity contribution in [3.8, 4) is 0 Å². The summed E-state index contributed by atoms with van der Waals surface area (Å²) in [5, 5.41) is 1.42. The Morgan fingerprint density at radius 1 is 1.23 bits per heavy atom. The van der Waals surface area contributed by atoms with Gasteiger partial charge in [-0.15, -0.1) is 0 Å². The quantitative estimate of drug-likeness (QED) is 0.616. The van der Waals surface area contributed by atoms with Gasteiger partial charge < -0.3 is 0 Å². The van der Waals surface area contributed by atoms with E-state index in [9.17, 15) is 0 Å². The Balaban J connectivity index is 2.36. The Bertz CT molecular complexity index is 338. The Labute approximate surface area is 83.5 Å². The third-order valence-electron chi connectivity index (χ3n) is 2.31. The Morgan fingerprint density at radius 2 is 1.92 bits per heavy atom. The van der Waals surface area contributed by atoms with Crippen LogP contribution >= 0.6 is 11.8 Å². The summed E-state index contributed by atoms with van der Waals surface area (Å²) in [5.41, 5.74) is 2.69. The fourth-order valence-corrected chi connectivity index (χ4v) is 2.66. The summed E-state index contributed by atoms with van der Waals surface area (Å²) >= 11 is 1.95. The van der Waals surface area contributed by atoms with E-state index in [2.05, 4.69) is 42.8 Å². The van der Waals surface area contributed by atoms with Crippen LogP contribution in [-0.2, 0) is 0 Å². The van der Waals surface area contributed by atoms with Crippen molar-refractivity contribution >= 4 is 16.8 Å². The van der Waals surface area contributed by atoms with Crippen LogP contribution in [0, 0.1) is 6.92 Å². The van der Waals surface area contributed by atoms with Crippen LogP contribution in [0.4, 0.5) is 0 Å². The average Bonchev–Trinajstić information content (AvgIpc) is 2.53. The van der Waals surface area contributed by atoms with Crippen LogP contribution in [0.25, 0.3) is 0 Å². The Kier molecular flexibility index (Phi) is 2.40. The van der Waals surface area contributed by atoms with Gasteiger partial charge >= 0.3 is 0 Å². The third-order valence-corrected chi connectivity index (χ3v) is 3.52. The maximum absolute atomic E-state index is 2.33. The maximum Gasteiger partial charge on any atom is 0.242 e. The molecule has 1 aromatic carbocycles. The van der Waals surface area contributed by atoms with Gasteiger partial charge in [0, 0.05) is 0 Å². The van der Waals surface area contributed by atoms with Gasteiger partial charge in [0.15, 0.2) is 6.54 Å². The van der Waals surface area contributed by atoms with Crippen molar-refractivity contribution in [2.24, 2.45) is 0 Å². The van der Waals surface area contributed by atoms with E-state index in [0.29, 0.717) is 0 Å². The molecule has 0 aliphatic carbocycles. The molecule has 1 heterocycles. The van der Waals surface area contributed by atoms with E-state index >= 15 is 0 Å². The molecule has 1 aliphatic heterocycles. The summed E-state index contributed by atoms with van der Waals surface area (Å²) in [5.74, 6) is 1.22. The zero-order valence-electron chi connectivity index (χ0n) is 8.08. The highest BCUT2D eigenvalue weighted by molar-refractivity contribution is 8.14. The topological polar surface area (TPSA) is 3.01 Å². The maximum atomic E-state index is 2.33. The second-order valence-corrected chi connectivity index (χ2v) is 4.52. The molecule has 0 spiro atoms. The van der Waals surface area contributed by atoms with Gasteiger partial charge in [-0.25, -0.2) is 4.58 Å². The molecule has 13 heavy (non-hydrogen) atoms. The smallest absolute Gasteiger partial charge is 0.226 e. The zero-order valence-corrected chi connectivity index (χ0v) is 8.90. The van der Waals surface area contributed by atoms with E-state index in [1.54, 1.807) is 0 Å². The first-order valence-corrected chi connectivity index (χ1v) is 5.54. The van der Waals surface area contributed by atoms with Crippen molar-refractivity contribution in [1.29, 1.82) is 0 Å². The van der Waals surface area contributed by atoms with Crippen LogP contribution in [0.15, 0.2) is 24.3 Å². The van der Waals surface area contributed by atoms with Gasteiger partial charge in [-0.3, -0.25) is 0 Å². The molecular formula is C11H14NS+. The summed E-state index contributed by atoms with van der Waals surface area (Å²) in [6.07, 6.45) is 0. The third kappa shape index (κ3) is 1.78. The molecule has 1 aromatic rings. The lowest BCUT2D eigenvalue weighted by molar-refractivity contribution is -0.485. The zero-order chi connectivity index (χ0) is 9.26. The lowest BCUT2D eigenvalue weighted by Crippen LogP contribution is -2.09. The molecule has 0 N–H and O–H groups in total. The molecule has 0 fully saturated rings. The normalized spacial score (nSPS) is 16.8. The first kappa shape index (κ1) is 8.82. The van der Waals surface area contributed by atoms with Gasteiger partial charge in [-0.05, 0) is 19.1 Å². The average molecular weight is 192 g/mol. The summed E-state index contributed by atoms with van der Waals surface area (Å²) in [6, 6.07) is 8.77. The molecule has 0 atom stereocenters. The highest BCUT2D eigenvalue weighted by Gasteiger charge is 2.20. The number of thioether (sulfide) groups is 1. The van der Waals surface area contributed by atoms with Crippen LogP contribution < -0.4 is 0 Å². The molecule has 68 valence electrons. The van der Waals surface area contributed by atoms with Crippen LogP contribution in [0.2, 0.25) is 0 Å². The van der Waals surface area contributed by atoms with E-state index in [0.717, 1.165) is 0 Å². The number of hydrogen-bond donors (Lipinski definition) is 0. The summed E-state index contributed by atoms with van der Waals surface area (Å²) in [7, 11) is 2.16. The Morgan fingerprint density at radius 3 is 2.46 bits per heavy atom. The van der Waals surface area contributed by atoms with E-state index in [-0.39, 0.29) is 0 Å². The fourth-order valence-electron chi connectivity index (χ4n) is 1.49. The molecule has 0 bridgehead atoms. The molecule has 2 heteroatoms. The van der Waals surface area contributed by atoms with Crippen molar-refractivity contribution in [1.82, 2.24) is 0 Å². The molecule has 0 radical (unpaired) electrons. The van der Waals surface area contributed by atoms with Crippen LogP contribution in [-0.4, -0.2) is 29.0 Å². The number of aryl methyl sites for hydroxylation is 1. The van der Waals surface area contributed by atoms with Crippen molar-refractivity contribution in [2.75, 3.05) is 19.3 Å². The summed E-state index contributed by atoms with van der Waals surface area (Å²) < 4.78 is 2.33. The van der Waals surface area contributed by atoms with Crippen molar-refractivity contribution < 1.29 is 4.58 Å². The standard InChI is InChI=1S/C11H14NS/c1-9-3-5-10(6-4-9)11-12(2)7-8-13-11/h3-6H,7-8H2,1-2H3/q+1. The van der Waals surface area contributed by atoms with Crippen LogP contribution in [0.1, 0.15) is 11.1 Å². The largest absolute Gasteiger partial charge is 0.242 e. The minimum atomic E-state index is 1.17. The van der Waals surface area contributed by atoms with Gasteiger partial charge in [0.1, 0.15) is 7.05 Å². The van der Waals surface area contributed by atoms with Gasteiger partial charge in [0.25, 0.3) is 0 Å². The Hall–Kier alpha value is -0.760. The van der Waals surface area contributed by atoms with Crippen LogP contribution in [0.5, 0.6) is 0 Å². The molecule has 1 nitrogen and oxygen atoms in total. The lowest BCUT2D eigenvalue weighted by atomic mass is 10.2. The monoisotopic (exact) mass is 192 g/mol. The van der Waals surface area contributed by atoms with Crippen LogP contribution in [0.3, 0.4) is 0 Å². The van der Waals surface area contributed by atoms with Crippen molar-refractivity contribution in [2.45, 2.75) is 6.92 Å². The minimum Gasteiger partial charge on any atom is -0.226 e. The minimum absolute atomic E-state index is 1.17. The van der Waals surface area contributed by atoms with Gasteiger partial charge in [0.05, 0.1) is 11.3 Å². The molecule has 2 rings (SSSR count). The predicted molar refractivity (Wildman–Crippen MR) is 58.8 cm³/mol. The molecule has 0 saturated heterocycles. The van der Waals surface area contributed by atoms with E-state index < -0.39 is 0 Å². The van der Waals surface area contributed by atoms with E-state index in [1.807, 2.05) is 11.8 Å². The van der Waals surface area contributed by atoms with E-state index in [4.69, 9.17) is 0 Å². The first-order chi connectivity index (χ1) is 6.27. The van der Waals surface area contributed by atoms with Gasteiger partial charge in [-0.2, -0.15) is 0 Å². The summed E-state index contributed by atoms with van der Waals surface area (Å²) in [4.78, 5) is 0. The molecular weight excluding hydrogens is 178 g/mol. The van der Waals surface area contributed by atoms with Crippen molar-refractivity contribution in [3.63, 3.8) is 0 Å². The molecule has 0 aromatic heterocycles. The number of benzene rings is 1. The number of nitrogens with zero attached hydrogens (tertiary/aromatic N) is 1. The first-order valence-electron chi connectivity index (χ1n) is 4.55. The second kappa shape index (κ2) is 3.54. The lowest BCUT2D eigenvalue weighted by Gasteiger charge is -1.97. The molecule has 1 aliphatic rings. The number of hydrogen-bond acceptors (Lipinski definition) is 1. The van der Waals surface area contributed by atoms with E-state index in [1.165, 1.54) is 28.5 Å². The summed E-state index contributed by atoms with van der Waals surface area (Å²) in [6.45, 7) is 3.30. The molecule has 0 saturated carbocycles. The second-order valence-electron chi connectivity index (χ2n) is 3.44. The molecule has 0 amide bonds. The van der Waals surface area contributed by atoms with Gasteiger partial charge in [0.2, 0.25) is 5.04 Å². The predicted octanol–water partition coefficient (Wildman–Crippen LogP) is 2.13. The van der Waals surface area contributed by atoms with Crippen molar-refractivity contribution in [3.05, 3.63) is 35.4 Å². The molecule has 0 unspecified atom stereocenters.